The highest BCUT2D eigenvalue weighted by Crippen LogP contribution is 2.22. The lowest BCUT2D eigenvalue weighted by Crippen LogP contribution is -2.50. The van der Waals surface area contributed by atoms with Crippen molar-refractivity contribution in [2.24, 2.45) is 0 Å². The molecule has 6 nitrogen and oxygen atoms in total. The van der Waals surface area contributed by atoms with Gasteiger partial charge in [-0.3, -0.25) is 9.78 Å². The van der Waals surface area contributed by atoms with Gasteiger partial charge in [0.05, 0.1) is 6.04 Å². The van der Waals surface area contributed by atoms with E-state index >= 15 is 0 Å². The van der Waals surface area contributed by atoms with Crippen LogP contribution in [0.1, 0.15) is 24.9 Å². The molecular formula is C18H31Cl2N5O. The van der Waals surface area contributed by atoms with E-state index in [0.29, 0.717) is 6.42 Å². The molecule has 26 heavy (non-hydrogen) atoms. The second-order valence-electron chi connectivity index (χ2n) is 6.62. The Morgan fingerprint density at radius 2 is 1.92 bits per heavy atom. The summed E-state index contributed by atoms with van der Waals surface area (Å²) < 4.78 is 0. The van der Waals surface area contributed by atoms with Crippen molar-refractivity contribution >= 4 is 30.7 Å². The number of hydrogen-bond acceptors (Lipinski definition) is 5. The molecule has 1 atom stereocenters. The summed E-state index contributed by atoms with van der Waals surface area (Å²) in [6, 6.07) is 4.12. The van der Waals surface area contributed by atoms with Crippen molar-refractivity contribution in [1.29, 1.82) is 0 Å². The summed E-state index contributed by atoms with van der Waals surface area (Å²) in [7, 11) is 0. The van der Waals surface area contributed by atoms with Gasteiger partial charge in [0, 0.05) is 71.2 Å². The SMILES string of the molecule is CCN1CCN(CCC(=O)N2CCNCC2c2cccnc2)CC1.Cl.Cl. The van der Waals surface area contributed by atoms with Crippen LogP contribution in [0.4, 0.5) is 0 Å². The van der Waals surface area contributed by atoms with Crippen LogP contribution in [0.5, 0.6) is 0 Å². The second kappa shape index (κ2) is 11.7. The summed E-state index contributed by atoms with van der Waals surface area (Å²) in [4.78, 5) is 23.9. The van der Waals surface area contributed by atoms with Crippen molar-refractivity contribution in [3.8, 4) is 0 Å². The molecule has 1 amide bonds. The maximum Gasteiger partial charge on any atom is 0.224 e. The zero-order valence-corrected chi connectivity index (χ0v) is 17.1. The predicted molar refractivity (Wildman–Crippen MR) is 109 cm³/mol. The minimum absolute atomic E-state index is 0. The molecule has 0 aromatic carbocycles. The Kier molecular flexibility index (Phi) is 10.4. The first-order valence-corrected chi connectivity index (χ1v) is 9.12. The number of carbonyl (C=O) groups excluding carboxylic acids is 1. The number of piperazine rings is 2. The van der Waals surface area contributed by atoms with Crippen LogP contribution in [0.25, 0.3) is 0 Å². The Labute approximate surface area is 169 Å². The third-order valence-corrected chi connectivity index (χ3v) is 5.19. The first-order valence-electron chi connectivity index (χ1n) is 9.12. The lowest BCUT2D eigenvalue weighted by molar-refractivity contribution is -0.135. The highest BCUT2D eigenvalue weighted by Gasteiger charge is 2.28. The van der Waals surface area contributed by atoms with E-state index in [0.717, 1.165) is 64.5 Å². The molecule has 1 N–H and O–H groups in total. The average Bonchev–Trinajstić information content (AvgIpc) is 2.67. The van der Waals surface area contributed by atoms with Crippen LogP contribution >= 0.6 is 24.8 Å². The van der Waals surface area contributed by atoms with Gasteiger partial charge in [-0.15, -0.1) is 24.8 Å². The molecule has 2 saturated heterocycles. The summed E-state index contributed by atoms with van der Waals surface area (Å²) in [6.07, 6.45) is 4.27. The van der Waals surface area contributed by atoms with Gasteiger partial charge in [0.15, 0.2) is 0 Å². The maximum absolute atomic E-state index is 12.8. The molecule has 0 aliphatic carbocycles. The van der Waals surface area contributed by atoms with Gasteiger partial charge >= 0.3 is 0 Å². The topological polar surface area (TPSA) is 51.7 Å². The lowest BCUT2D eigenvalue weighted by Gasteiger charge is -2.38. The number of rotatable bonds is 5. The quantitative estimate of drug-likeness (QED) is 0.805. The molecule has 2 aliphatic heterocycles. The Bertz CT molecular complexity index is 526. The summed E-state index contributed by atoms with van der Waals surface area (Å²) >= 11 is 0. The van der Waals surface area contributed by atoms with Crippen molar-refractivity contribution in [2.45, 2.75) is 19.4 Å². The fraction of sp³-hybridized carbons (Fsp3) is 0.667. The van der Waals surface area contributed by atoms with E-state index in [9.17, 15) is 4.79 Å². The fourth-order valence-electron chi connectivity index (χ4n) is 3.60. The predicted octanol–water partition coefficient (Wildman–Crippen LogP) is 1.43. The summed E-state index contributed by atoms with van der Waals surface area (Å²) in [5.74, 6) is 0.267. The van der Waals surface area contributed by atoms with Crippen molar-refractivity contribution in [3.05, 3.63) is 30.1 Å². The van der Waals surface area contributed by atoms with Crippen LogP contribution < -0.4 is 5.32 Å². The van der Waals surface area contributed by atoms with Gasteiger partial charge in [0.25, 0.3) is 0 Å². The first kappa shape index (κ1) is 23.1. The van der Waals surface area contributed by atoms with Crippen LogP contribution in [0.15, 0.2) is 24.5 Å². The molecule has 3 heterocycles. The number of halogens is 2. The van der Waals surface area contributed by atoms with Gasteiger partial charge in [0.1, 0.15) is 0 Å². The molecule has 0 radical (unpaired) electrons. The number of aromatic nitrogens is 1. The third-order valence-electron chi connectivity index (χ3n) is 5.19. The molecule has 0 bridgehead atoms. The van der Waals surface area contributed by atoms with Crippen LogP contribution in [0, 0.1) is 0 Å². The molecule has 3 rings (SSSR count). The number of likely N-dealkylation sites (N-methyl/N-ethyl adjacent to an activating group) is 1. The van der Waals surface area contributed by atoms with Crippen molar-refractivity contribution in [1.82, 2.24) is 25.0 Å². The van der Waals surface area contributed by atoms with Gasteiger partial charge in [-0.2, -0.15) is 0 Å². The molecular weight excluding hydrogens is 373 g/mol. The van der Waals surface area contributed by atoms with Gasteiger partial charge in [0.2, 0.25) is 5.91 Å². The molecule has 0 saturated carbocycles. The monoisotopic (exact) mass is 403 g/mol. The number of amides is 1. The van der Waals surface area contributed by atoms with Crippen LogP contribution in [-0.2, 0) is 4.79 Å². The number of nitrogens with zero attached hydrogens (tertiary/aromatic N) is 4. The van der Waals surface area contributed by atoms with Crippen molar-refractivity contribution in [2.75, 3.05) is 58.9 Å². The van der Waals surface area contributed by atoms with E-state index in [4.69, 9.17) is 0 Å². The minimum atomic E-state index is 0. The molecule has 1 unspecified atom stereocenters. The average molecular weight is 404 g/mol. The molecule has 8 heteroatoms. The Morgan fingerprint density at radius 3 is 2.58 bits per heavy atom. The number of pyridine rings is 1. The van der Waals surface area contributed by atoms with E-state index in [1.165, 1.54) is 0 Å². The zero-order chi connectivity index (χ0) is 16.8. The highest BCUT2D eigenvalue weighted by molar-refractivity contribution is 5.85. The summed E-state index contributed by atoms with van der Waals surface area (Å²) in [5.41, 5.74) is 1.12. The Hall–Kier alpha value is -0.920. The van der Waals surface area contributed by atoms with Crippen molar-refractivity contribution < 1.29 is 4.79 Å². The van der Waals surface area contributed by atoms with Crippen LogP contribution in [-0.4, -0.2) is 84.5 Å². The summed E-state index contributed by atoms with van der Waals surface area (Å²) in [5, 5.41) is 3.40. The van der Waals surface area contributed by atoms with E-state index < -0.39 is 0 Å². The molecule has 0 spiro atoms. The number of carbonyl (C=O) groups is 1. The minimum Gasteiger partial charge on any atom is -0.333 e. The van der Waals surface area contributed by atoms with E-state index in [-0.39, 0.29) is 36.8 Å². The van der Waals surface area contributed by atoms with Crippen molar-refractivity contribution in [3.63, 3.8) is 0 Å². The van der Waals surface area contributed by atoms with Crippen LogP contribution in [0.2, 0.25) is 0 Å². The third kappa shape index (κ3) is 6.06. The number of hydrogen-bond donors (Lipinski definition) is 1. The van der Waals surface area contributed by atoms with Gasteiger partial charge < -0.3 is 20.0 Å². The largest absolute Gasteiger partial charge is 0.333 e. The van der Waals surface area contributed by atoms with Gasteiger partial charge in [-0.1, -0.05) is 13.0 Å². The number of nitrogens with one attached hydrogen (secondary N) is 1. The molecule has 2 aliphatic rings. The fourth-order valence-corrected chi connectivity index (χ4v) is 3.60. The smallest absolute Gasteiger partial charge is 0.224 e. The van der Waals surface area contributed by atoms with Gasteiger partial charge in [-0.05, 0) is 18.2 Å². The molecule has 1 aromatic rings. The first-order chi connectivity index (χ1) is 11.8. The Morgan fingerprint density at radius 1 is 1.19 bits per heavy atom. The molecule has 148 valence electrons. The Balaban J connectivity index is 0.00000169. The highest BCUT2D eigenvalue weighted by atomic mass is 35.5. The maximum atomic E-state index is 12.8. The van der Waals surface area contributed by atoms with E-state index in [1.54, 1.807) is 6.20 Å². The van der Waals surface area contributed by atoms with E-state index in [1.807, 2.05) is 17.2 Å². The van der Waals surface area contributed by atoms with Gasteiger partial charge in [-0.25, -0.2) is 0 Å². The lowest BCUT2D eigenvalue weighted by atomic mass is 10.0. The van der Waals surface area contributed by atoms with E-state index in [2.05, 4.69) is 33.1 Å². The molecule has 2 fully saturated rings. The standard InChI is InChI=1S/C18H29N5O.2ClH/c1-2-21-10-12-22(13-11-21)8-5-18(24)23-9-7-20-15-17(23)16-4-3-6-19-14-16;;/h3-4,6,14,17,20H,2,5,7-13,15H2,1H3;2*1H. The molecule has 1 aromatic heterocycles. The zero-order valence-electron chi connectivity index (χ0n) is 15.5. The normalized spacial score (nSPS) is 21.6. The van der Waals surface area contributed by atoms with Crippen LogP contribution in [0.3, 0.4) is 0 Å². The second-order valence-corrected chi connectivity index (χ2v) is 6.62. The summed E-state index contributed by atoms with van der Waals surface area (Å²) in [6.45, 7) is 11.1.